The molecular formula is C21H25N5O2. The maximum Gasteiger partial charge on any atom is 0.237 e. The van der Waals surface area contributed by atoms with Crippen LogP contribution < -0.4 is 10.2 Å². The molecule has 1 aromatic carbocycles. The number of nitrogens with one attached hydrogen (secondary N) is 1. The average molecular weight is 379 g/mol. The topological polar surface area (TPSA) is 85.4 Å². The van der Waals surface area contributed by atoms with Gasteiger partial charge in [-0.25, -0.2) is 4.98 Å². The van der Waals surface area contributed by atoms with Crippen molar-refractivity contribution in [3.63, 3.8) is 0 Å². The Hall–Kier alpha value is -2.85. The number of hydrogen-bond acceptors (Lipinski definition) is 6. The minimum Gasteiger partial charge on any atom is -0.423 e. The average Bonchev–Trinajstić information content (AvgIpc) is 3.51. The Kier molecular flexibility index (Phi) is 5.31. The molecular weight excluding hydrogens is 354 g/mol. The lowest BCUT2D eigenvalue weighted by molar-refractivity contribution is -0.126. The third kappa shape index (κ3) is 4.02. The molecule has 28 heavy (non-hydrogen) atoms. The number of anilines is 1. The molecule has 1 N–H and O–H groups in total. The van der Waals surface area contributed by atoms with Gasteiger partial charge in [-0.1, -0.05) is 30.3 Å². The van der Waals surface area contributed by atoms with Gasteiger partial charge >= 0.3 is 0 Å². The quantitative estimate of drug-likeness (QED) is 0.829. The predicted octanol–water partition coefficient (Wildman–Crippen LogP) is 2.25. The van der Waals surface area contributed by atoms with E-state index in [1.165, 1.54) is 0 Å². The first-order chi connectivity index (χ1) is 13.7. The van der Waals surface area contributed by atoms with Crippen LogP contribution in [-0.4, -0.2) is 48.0 Å². The third-order valence-electron chi connectivity index (χ3n) is 5.50. The van der Waals surface area contributed by atoms with Gasteiger partial charge < -0.3 is 14.6 Å². The second-order valence-electron chi connectivity index (χ2n) is 7.49. The molecule has 146 valence electrons. The van der Waals surface area contributed by atoms with Gasteiger partial charge in [0.15, 0.2) is 0 Å². The number of piperazine rings is 1. The first kappa shape index (κ1) is 18.5. The van der Waals surface area contributed by atoms with Crippen LogP contribution in [0.1, 0.15) is 42.8 Å². The molecule has 1 amide bonds. The second kappa shape index (κ2) is 8.03. The van der Waals surface area contributed by atoms with Gasteiger partial charge in [0, 0.05) is 38.6 Å². The molecule has 1 saturated heterocycles. The van der Waals surface area contributed by atoms with Crippen LogP contribution in [-0.2, 0) is 11.3 Å². The number of amides is 1. The van der Waals surface area contributed by atoms with Gasteiger partial charge in [-0.05, 0) is 25.3 Å². The normalized spacial score (nSPS) is 18.5. The molecule has 7 heteroatoms. The van der Waals surface area contributed by atoms with E-state index in [-0.39, 0.29) is 11.9 Å². The summed E-state index contributed by atoms with van der Waals surface area (Å²) in [5, 5.41) is 12.4. The summed E-state index contributed by atoms with van der Waals surface area (Å²) in [5.74, 6) is 1.70. The largest absolute Gasteiger partial charge is 0.423 e. The third-order valence-corrected chi connectivity index (χ3v) is 5.50. The van der Waals surface area contributed by atoms with Crippen LogP contribution in [0.25, 0.3) is 0 Å². The number of benzene rings is 1. The fourth-order valence-corrected chi connectivity index (χ4v) is 3.53. The Morgan fingerprint density at radius 2 is 2.00 bits per heavy atom. The SMILES string of the molecule is C[C@@H](C(=O)NCc1ccccc1)N1CCN(c2oc(C3CC3)nc2C#N)CC1. The van der Waals surface area contributed by atoms with Crippen molar-refractivity contribution in [1.82, 2.24) is 15.2 Å². The van der Waals surface area contributed by atoms with Gasteiger partial charge in [0.05, 0.1) is 6.04 Å². The first-order valence-corrected chi connectivity index (χ1v) is 9.87. The predicted molar refractivity (Wildman–Crippen MR) is 105 cm³/mol. The Morgan fingerprint density at radius 3 is 2.64 bits per heavy atom. The summed E-state index contributed by atoms with van der Waals surface area (Å²) in [5.41, 5.74) is 1.47. The molecule has 0 bridgehead atoms. The molecule has 0 spiro atoms. The zero-order valence-electron chi connectivity index (χ0n) is 16.1. The van der Waals surface area contributed by atoms with Gasteiger partial charge in [0.25, 0.3) is 0 Å². The maximum absolute atomic E-state index is 12.5. The number of nitrogens with zero attached hydrogens (tertiary/aromatic N) is 4. The van der Waals surface area contributed by atoms with E-state index in [2.05, 4.69) is 26.2 Å². The number of nitriles is 1. The zero-order chi connectivity index (χ0) is 19.5. The van der Waals surface area contributed by atoms with Gasteiger partial charge in [0.2, 0.25) is 23.4 Å². The fraction of sp³-hybridized carbons (Fsp3) is 0.476. The number of aromatic nitrogens is 1. The lowest BCUT2D eigenvalue weighted by Gasteiger charge is -2.37. The highest BCUT2D eigenvalue weighted by Gasteiger charge is 2.33. The summed E-state index contributed by atoms with van der Waals surface area (Å²) < 4.78 is 5.89. The van der Waals surface area contributed by atoms with Crippen molar-refractivity contribution in [3.8, 4) is 6.07 Å². The van der Waals surface area contributed by atoms with Crippen molar-refractivity contribution in [2.24, 2.45) is 0 Å². The Morgan fingerprint density at radius 1 is 1.29 bits per heavy atom. The lowest BCUT2D eigenvalue weighted by Crippen LogP contribution is -2.54. The van der Waals surface area contributed by atoms with E-state index in [0.29, 0.717) is 43.0 Å². The number of hydrogen-bond donors (Lipinski definition) is 1. The van der Waals surface area contributed by atoms with Gasteiger partial charge in [0.1, 0.15) is 6.07 Å². The molecule has 2 aliphatic rings. The van der Waals surface area contributed by atoms with Crippen LogP contribution in [0.4, 0.5) is 5.88 Å². The molecule has 4 rings (SSSR count). The summed E-state index contributed by atoms with van der Waals surface area (Å²) >= 11 is 0. The highest BCUT2D eigenvalue weighted by Crippen LogP contribution is 2.41. The van der Waals surface area contributed by atoms with E-state index >= 15 is 0 Å². The number of rotatable bonds is 6. The molecule has 1 atom stereocenters. The highest BCUT2D eigenvalue weighted by molar-refractivity contribution is 5.81. The molecule has 1 aliphatic heterocycles. The zero-order valence-corrected chi connectivity index (χ0v) is 16.1. The summed E-state index contributed by atoms with van der Waals surface area (Å²) in [6.07, 6.45) is 2.18. The first-order valence-electron chi connectivity index (χ1n) is 9.87. The maximum atomic E-state index is 12.5. The molecule has 2 heterocycles. The van der Waals surface area contributed by atoms with Gasteiger partial charge in [-0.2, -0.15) is 5.26 Å². The van der Waals surface area contributed by atoms with Crippen LogP contribution in [0, 0.1) is 11.3 Å². The second-order valence-corrected chi connectivity index (χ2v) is 7.49. The van der Waals surface area contributed by atoms with Gasteiger partial charge in [-0.15, -0.1) is 0 Å². The summed E-state index contributed by atoms with van der Waals surface area (Å²) in [6.45, 7) is 5.39. The van der Waals surface area contributed by atoms with Gasteiger partial charge in [-0.3, -0.25) is 9.69 Å². The number of carbonyl (C=O) groups is 1. The molecule has 0 radical (unpaired) electrons. The van der Waals surface area contributed by atoms with Crippen LogP contribution in [0.2, 0.25) is 0 Å². The Bertz CT molecular complexity index is 861. The van der Waals surface area contributed by atoms with E-state index in [4.69, 9.17) is 4.42 Å². The fourth-order valence-electron chi connectivity index (χ4n) is 3.53. The molecule has 0 unspecified atom stereocenters. The van der Waals surface area contributed by atoms with Crippen molar-refractivity contribution < 1.29 is 9.21 Å². The number of oxazole rings is 1. The van der Waals surface area contributed by atoms with Crippen LogP contribution >= 0.6 is 0 Å². The van der Waals surface area contributed by atoms with E-state index in [1.54, 1.807) is 0 Å². The summed E-state index contributed by atoms with van der Waals surface area (Å²) in [6, 6.07) is 11.9. The Labute approximate surface area is 164 Å². The monoisotopic (exact) mass is 379 g/mol. The summed E-state index contributed by atoms with van der Waals surface area (Å²) in [7, 11) is 0. The highest BCUT2D eigenvalue weighted by atomic mass is 16.4. The lowest BCUT2D eigenvalue weighted by atomic mass is 10.2. The van der Waals surface area contributed by atoms with Crippen LogP contribution in [0.15, 0.2) is 34.7 Å². The smallest absolute Gasteiger partial charge is 0.237 e. The minimum absolute atomic E-state index is 0.0331. The molecule has 2 fully saturated rings. The summed E-state index contributed by atoms with van der Waals surface area (Å²) in [4.78, 5) is 21.1. The standard InChI is InChI=1S/C21H25N5O2/c1-15(19(27)23-14-16-5-3-2-4-6-16)25-9-11-26(12-10-25)21-18(13-22)24-20(28-21)17-7-8-17/h2-6,15,17H,7-12,14H2,1H3,(H,23,27)/t15-/m0/s1. The molecule has 2 aromatic rings. The number of carbonyl (C=O) groups excluding carboxylic acids is 1. The molecule has 7 nitrogen and oxygen atoms in total. The van der Waals surface area contributed by atoms with Crippen molar-refractivity contribution in [2.75, 3.05) is 31.1 Å². The van der Waals surface area contributed by atoms with E-state index in [0.717, 1.165) is 31.5 Å². The molecule has 1 saturated carbocycles. The van der Waals surface area contributed by atoms with E-state index in [1.807, 2.05) is 37.3 Å². The Balaban J connectivity index is 1.31. The van der Waals surface area contributed by atoms with Crippen molar-refractivity contribution in [1.29, 1.82) is 5.26 Å². The van der Waals surface area contributed by atoms with Crippen molar-refractivity contribution >= 4 is 11.8 Å². The van der Waals surface area contributed by atoms with Crippen molar-refractivity contribution in [2.45, 2.75) is 38.3 Å². The minimum atomic E-state index is -0.196. The molecule has 1 aromatic heterocycles. The van der Waals surface area contributed by atoms with E-state index < -0.39 is 0 Å². The van der Waals surface area contributed by atoms with E-state index in [9.17, 15) is 10.1 Å². The van der Waals surface area contributed by atoms with Crippen LogP contribution in [0.5, 0.6) is 0 Å². The van der Waals surface area contributed by atoms with Crippen molar-refractivity contribution in [3.05, 3.63) is 47.5 Å². The molecule has 1 aliphatic carbocycles. The van der Waals surface area contributed by atoms with Crippen LogP contribution in [0.3, 0.4) is 0 Å².